The molecule has 1 aromatic rings. The Morgan fingerprint density at radius 1 is 1.38 bits per heavy atom. The molecule has 0 radical (unpaired) electrons. The van der Waals surface area contributed by atoms with Gasteiger partial charge in [0, 0.05) is 13.1 Å². The van der Waals surface area contributed by atoms with Gasteiger partial charge in [0.2, 0.25) is 0 Å². The minimum Gasteiger partial charge on any atom is -0.348 e. The number of rotatable bonds is 2. The molecule has 1 saturated heterocycles. The van der Waals surface area contributed by atoms with Crippen molar-refractivity contribution in [1.82, 2.24) is 4.98 Å². The maximum atomic E-state index is 6.03. The van der Waals surface area contributed by atoms with E-state index in [9.17, 15) is 0 Å². The summed E-state index contributed by atoms with van der Waals surface area (Å²) in [5.41, 5.74) is 0. The van der Waals surface area contributed by atoms with Gasteiger partial charge in [0.05, 0.1) is 10.8 Å². The number of piperidine rings is 1. The molecule has 0 aliphatic carbocycles. The van der Waals surface area contributed by atoms with Gasteiger partial charge in [-0.2, -0.15) is 0 Å². The lowest BCUT2D eigenvalue weighted by atomic mass is 9.92. The van der Waals surface area contributed by atoms with Crippen molar-refractivity contribution in [3.05, 3.63) is 10.0 Å². The number of alkyl halides is 1. The van der Waals surface area contributed by atoms with Crippen LogP contribution in [0.15, 0.2) is 0 Å². The van der Waals surface area contributed by atoms with Crippen molar-refractivity contribution in [3.63, 3.8) is 0 Å². The van der Waals surface area contributed by atoms with Gasteiger partial charge in [0.25, 0.3) is 0 Å². The van der Waals surface area contributed by atoms with E-state index in [1.807, 2.05) is 0 Å². The first-order valence-electron chi connectivity index (χ1n) is 5.56. The number of aromatic nitrogens is 1. The molecule has 2 rings (SSSR count). The van der Waals surface area contributed by atoms with Gasteiger partial charge in [-0.25, -0.2) is 4.98 Å². The zero-order valence-corrected chi connectivity index (χ0v) is 11.9. The largest absolute Gasteiger partial charge is 0.348 e. The zero-order chi connectivity index (χ0) is 11.7. The highest BCUT2D eigenvalue weighted by Gasteiger charge is 2.24. The zero-order valence-electron chi connectivity index (χ0n) is 9.54. The third-order valence-corrected chi connectivity index (χ3v) is 4.87. The molecule has 2 heterocycles. The van der Waals surface area contributed by atoms with Gasteiger partial charge >= 0.3 is 0 Å². The molecule has 16 heavy (non-hydrogen) atoms. The van der Waals surface area contributed by atoms with E-state index in [1.54, 1.807) is 11.3 Å². The highest BCUT2D eigenvalue weighted by molar-refractivity contribution is 7.16. The minimum atomic E-state index is 0.454. The van der Waals surface area contributed by atoms with Crippen molar-refractivity contribution in [2.24, 2.45) is 11.8 Å². The number of anilines is 1. The van der Waals surface area contributed by atoms with Crippen LogP contribution in [0.3, 0.4) is 0 Å². The van der Waals surface area contributed by atoms with E-state index in [1.165, 1.54) is 6.42 Å². The van der Waals surface area contributed by atoms with Crippen LogP contribution in [0, 0.1) is 11.8 Å². The van der Waals surface area contributed by atoms with Crippen LogP contribution < -0.4 is 4.90 Å². The molecular weight excluding hydrogens is 263 g/mol. The smallest absolute Gasteiger partial charge is 0.187 e. The second kappa shape index (κ2) is 5.11. The second-order valence-electron chi connectivity index (χ2n) is 4.70. The van der Waals surface area contributed by atoms with Gasteiger partial charge in [-0.15, -0.1) is 11.6 Å². The van der Waals surface area contributed by atoms with E-state index < -0.39 is 0 Å². The van der Waals surface area contributed by atoms with E-state index >= 15 is 0 Å². The van der Waals surface area contributed by atoms with Crippen molar-refractivity contribution < 1.29 is 0 Å². The van der Waals surface area contributed by atoms with Crippen LogP contribution in [-0.4, -0.2) is 18.1 Å². The molecule has 0 spiro atoms. The Labute approximate surface area is 111 Å². The van der Waals surface area contributed by atoms with Crippen molar-refractivity contribution >= 4 is 39.7 Å². The Balaban J connectivity index is 2.16. The van der Waals surface area contributed by atoms with Crippen molar-refractivity contribution in [3.8, 4) is 0 Å². The van der Waals surface area contributed by atoms with E-state index in [-0.39, 0.29) is 0 Å². The molecule has 0 amide bonds. The maximum absolute atomic E-state index is 6.03. The average molecular weight is 279 g/mol. The van der Waals surface area contributed by atoms with E-state index in [0.29, 0.717) is 11.0 Å². The summed E-state index contributed by atoms with van der Waals surface area (Å²) < 4.78 is 0. The van der Waals surface area contributed by atoms with Crippen LogP contribution in [0.1, 0.15) is 25.1 Å². The summed E-state index contributed by atoms with van der Waals surface area (Å²) in [6, 6.07) is 0. The Morgan fingerprint density at radius 3 is 2.50 bits per heavy atom. The summed E-state index contributed by atoms with van der Waals surface area (Å²) in [5, 5.41) is 1.60. The standard InChI is InChI=1S/C11H16Cl2N2S/c1-7-3-8(2)6-15(5-7)11-14-10(13)9(4-12)16-11/h7-8H,3-6H2,1-2H3. The third kappa shape index (κ3) is 2.63. The van der Waals surface area contributed by atoms with Crippen LogP contribution in [-0.2, 0) is 5.88 Å². The molecule has 5 heteroatoms. The molecule has 2 nitrogen and oxygen atoms in total. The Bertz CT molecular complexity index is 357. The SMILES string of the molecule is CC1CC(C)CN(c2nc(Cl)c(CCl)s2)C1. The molecule has 90 valence electrons. The van der Waals surface area contributed by atoms with Gasteiger partial charge in [0.1, 0.15) is 5.15 Å². The van der Waals surface area contributed by atoms with Gasteiger partial charge in [0.15, 0.2) is 5.13 Å². The fraction of sp³-hybridized carbons (Fsp3) is 0.727. The first-order chi connectivity index (χ1) is 7.60. The van der Waals surface area contributed by atoms with Gasteiger partial charge in [-0.1, -0.05) is 36.8 Å². The van der Waals surface area contributed by atoms with E-state index in [2.05, 4.69) is 23.7 Å². The fourth-order valence-corrected chi connectivity index (χ4v) is 3.85. The lowest BCUT2D eigenvalue weighted by Crippen LogP contribution is -2.38. The van der Waals surface area contributed by atoms with Gasteiger partial charge < -0.3 is 4.90 Å². The van der Waals surface area contributed by atoms with Gasteiger partial charge in [-0.3, -0.25) is 0 Å². The second-order valence-corrected chi connectivity index (χ2v) is 6.38. The lowest BCUT2D eigenvalue weighted by Gasteiger charge is -2.34. The van der Waals surface area contributed by atoms with Crippen LogP contribution in [0.25, 0.3) is 0 Å². The predicted octanol–water partition coefficient (Wildman–Crippen LogP) is 4.02. The quantitative estimate of drug-likeness (QED) is 0.760. The molecule has 0 saturated carbocycles. The summed E-state index contributed by atoms with van der Waals surface area (Å²) >= 11 is 13.5. The predicted molar refractivity (Wildman–Crippen MR) is 71.8 cm³/mol. The van der Waals surface area contributed by atoms with Crippen LogP contribution in [0.5, 0.6) is 0 Å². The maximum Gasteiger partial charge on any atom is 0.187 e. The number of nitrogens with zero attached hydrogens (tertiary/aromatic N) is 2. The summed E-state index contributed by atoms with van der Waals surface area (Å²) in [5.74, 6) is 1.91. The molecule has 2 unspecified atom stereocenters. The molecule has 0 bridgehead atoms. The Kier molecular flexibility index (Phi) is 3.98. The Hall–Kier alpha value is 0.01000. The number of hydrogen-bond acceptors (Lipinski definition) is 3. The first-order valence-corrected chi connectivity index (χ1v) is 7.29. The average Bonchev–Trinajstić information content (AvgIpc) is 2.58. The van der Waals surface area contributed by atoms with Crippen LogP contribution in [0.4, 0.5) is 5.13 Å². The monoisotopic (exact) mass is 278 g/mol. The highest BCUT2D eigenvalue weighted by Crippen LogP contribution is 2.34. The number of thiazole rings is 1. The molecule has 0 aromatic carbocycles. The topological polar surface area (TPSA) is 16.1 Å². The molecule has 1 fully saturated rings. The molecule has 1 aromatic heterocycles. The lowest BCUT2D eigenvalue weighted by molar-refractivity contribution is 0.356. The third-order valence-electron chi connectivity index (χ3n) is 2.90. The van der Waals surface area contributed by atoms with E-state index in [4.69, 9.17) is 23.2 Å². The van der Waals surface area contributed by atoms with Crippen molar-refractivity contribution in [1.29, 1.82) is 0 Å². The molecule has 1 aliphatic heterocycles. The summed E-state index contributed by atoms with van der Waals surface area (Å²) in [6.07, 6.45) is 1.30. The van der Waals surface area contributed by atoms with Crippen LogP contribution in [0.2, 0.25) is 5.15 Å². The highest BCUT2D eigenvalue weighted by atomic mass is 35.5. The molecule has 0 N–H and O–H groups in total. The summed E-state index contributed by atoms with van der Waals surface area (Å²) in [7, 11) is 0. The first kappa shape index (κ1) is 12.5. The van der Waals surface area contributed by atoms with E-state index in [0.717, 1.165) is 34.9 Å². The number of hydrogen-bond donors (Lipinski definition) is 0. The Morgan fingerprint density at radius 2 is 2.00 bits per heavy atom. The van der Waals surface area contributed by atoms with Crippen molar-refractivity contribution in [2.75, 3.05) is 18.0 Å². The summed E-state index contributed by atoms with van der Waals surface area (Å²) in [4.78, 5) is 7.71. The molecular formula is C11H16Cl2N2S. The molecule has 1 aliphatic rings. The summed E-state index contributed by atoms with van der Waals surface area (Å²) in [6.45, 7) is 6.74. The van der Waals surface area contributed by atoms with Gasteiger partial charge in [-0.05, 0) is 18.3 Å². The molecule has 2 atom stereocenters. The van der Waals surface area contributed by atoms with Crippen molar-refractivity contribution in [2.45, 2.75) is 26.1 Å². The normalized spacial score (nSPS) is 26.1. The van der Waals surface area contributed by atoms with Crippen LogP contribution >= 0.6 is 34.5 Å². The minimum absolute atomic E-state index is 0.454. The fourth-order valence-electron chi connectivity index (χ4n) is 2.36. The number of halogens is 2.